The molecule has 1 aromatic carbocycles. The molecule has 2 aliphatic rings. The van der Waals surface area contributed by atoms with Crippen LogP contribution in [0.25, 0.3) is 0 Å². The van der Waals surface area contributed by atoms with Crippen LogP contribution in [0.5, 0.6) is 0 Å². The van der Waals surface area contributed by atoms with Gasteiger partial charge in [-0.1, -0.05) is 22.8 Å². The minimum absolute atomic E-state index is 0.0944. The van der Waals surface area contributed by atoms with Crippen molar-refractivity contribution in [2.45, 2.75) is 37.6 Å². The molecule has 2 aromatic rings. The van der Waals surface area contributed by atoms with Gasteiger partial charge in [-0.3, -0.25) is 4.79 Å². The SMILES string of the molecule is O=C(c1c(F)cccc1Cl)N1CCCC1c1nc(C2CC2)no1. The Labute approximate surface area is 137 Å². The summed E-state index contributed by atoms with van der Waals surface area (Å²) >= 11 is 6.01. The van der Waals surface area contributed by atoms with Crippen LogP contribution in [0, 0.1) is 5.82 Å². The standard InChI is InChI=1S/C16H15ClFN3O2/c17-10-3-1-4-11(18)13(10)16(22)21-8-2-5-12(21)15-19-14(20-23-15)9-6-7-9/h1,3-4,9,12H,2,5-8H2. The molecule has 2 fully saturated rings. The van der Waals surface area contributed by atoms with Crippen LogP contribution < -0.4 is 0 Å². The lowest BCUT2D eigenvalue weighted by Crippen LogP contribution is -2.31. The van der Waals surface area contributed by atoms with Crippen molar-refractivity contribution in [1.82, 2.24) is 15.0 Å². The average molecular weight is 336 g/mol. The van der Waals surface area contributed by atoms with Crippen molar-refractivity contribution >= 4 is 17.5 Å². The summed E-state index contributed by atoms with van der Waals surface area (Å²) in [6, 6.07) is 3.93. The number of carbonyl (C=O) groups is 1. The van der Waals surface area contributed by atoms with E-state index in [2.05, 4.69) is 10.1 Å². The van der Waals surface area contributed by atoms with Crippen molar-refractivity contribution in [2.24, 2.45) is 0 Å². The second kappa shape index (κ2) is 5.60. The Kier molecular flexibility index (Phi) is 3.56. The van der Waals surface area contributed by atoms with E-state index < -0.39 is 11.7 Å². The number of hydrogen-bond donors (Lipinski definition) is 0. The van der Waals surface area contributed by atoms with E-state index in [1.54, 1.807) is 4.90 Å². The summed E-state index contributed by atoms with van der Waals surface area (Å²) < 4.78 is 19.4. The number of halogens is 2. The van der Waals surface area contributed by atoms with Crippen molar-refractivity contribution in [3.8, 4) is 0 Å². The van der Waals surface area contributed by atoms with Crippen LogP contribution in [-0.2, 0) is 0 Å². The second-order valence-electron chi connectivity index (χ2n) is 6.02. The molecule has 0 radical (unpaired) electrons. The van der Waals surface area contributed by atoms with Crippen molar-refractivity contribution in [3.05, 3.63) is 46.3 Å². The Morgan fingerprint density at radius 1 is 1.35 bits per heavy atom. The lowest BCUT2D eigenvalue weighted by molar-refractivity contribution is 0.0705. The zero-order chi connectivity index (χ0) is 16.0. The van der Waals surface area contributed by atoms with E-state index in [-0.39, 0.29) is 16.6 Å². The predicted molar refractivity (Wildman–Crippen MR) is 80.7 cm³/mol. The molecule has 23 heavy (non-hydrogen) atoms. The third-order valence-electron chi connectivity index (χ3n) is 4.38. The molecule has 1 unspecified atom stereocenters. The molecular formula is C16H15ClFN3O2. The van der Waals surface area contributed by atoms with Gasteiger partial charge in [0.1, 0.15) is 11.9 Å². The maximum Gasteiger partial charge on any atom is 0.259 e. The number of likely N-dealkylation sites (tertiary alicyclic amines) is 1. The van der Waals surface area contributed by atoms with E-state index in [0.717, 1.165) is 25.7 Å². The van der Waals surface area contributed by atoms with Gasteiger partial charge in [0, 0.05) is 12.5 Å². The first-order chi connectivity index (χ1) is 11.1. The summed E-state index contributed by atoms with van der Waals surface area (Å²) in [5, 5.41) is 4.12. The Hall–Kier alpha value is -1.95. The fraction of sp³-hybridized carbons (Fsp3) is 0.438. The van der Waals surface area contributed by atoms with Gasteiger partial charge >= 0.3 is 0 Å². The highest BCUT2D eigenvalue weighted by molar-refractivity contribution is 6.33. The first kappa shape index (κ1) is 14.6. The number of nitrogens with zero attached hydrogens (tertiary/aromatic N) is 3. The van der Waals surface area contributed by atoms with Gasteiger partial charge in [0.2, 0.25) is 5.89 Å². The highest BCUT2D eigenvalue weighted by Crippen LogP contribution is 2.40. The Morgan fingerprint density at radius 2 is 2.17 bits per heavy atom. The highest BCUT2D eigenvalue weighted by atomic mass is 35.5. The van der Waals surface area contributed by atoms with E-state index in [9.17, 15) is 9.18 Å². The smallest absolute Gasteiger partial charge is 0.259 e. The number of hydrogen-bond acceptors (Lipinski definition) is 4. The van der Waals surface area contributed by atoms with E-state index in [0.29, 0.717) is 24.2 Å². The molecule has 0 N–H and O–H groups in total. The summed E-state index contributed by atoms with van der Waals surface area (Å²) in [7, 11) is 0. The van der Waals surface area contributed by atoms with Gasteiger partial charge in [-0.2, -0.15) is 4.98 Å². The van der Waals surface area contributed by atoms with E-state index >= 15 is 0 Å². The van der Waals surface area contributed by atoms with Crippen LogP contribution in [0.4, 0.5) is 4.39 Å². The molecule has 0 spiro atoms. The monoisotopic (exact) mass is 335 g/mol. The van der Waals surface area contributed by atoms with Crippen molar-refractivity contribution < 1.29 is 13.7 Å². The molecule has 1 saturated carbocycles. The third-order valence-corrected chi connectivity index (χ3v) is 4.69. The van der Waals surface area contributed by atoms with Crippen molar-refractivity contribution in [3.63, 3.8) is 0 Å². The molecule has 1 aliphatic carbocycles. The van der Waals surface area contributed by atoms with E-state index in [1.165, 1.54) is 18.2 Å². The molecule has 1 atom stereocenters. The summed E-state index contributed by atoms with van der Waals surface area (Å²) in [5.41, 5.74) is -0.0944. The zero-order valence-electron chi connectivity index (χ0n) is 12.3. The molecule has 1 saturated heterocycles. The molecule has 1 aromatic heterocycles. The topological polar surface area (TPSA) is 59.2 Å². The molecule has 1 aliphatic heterocycles. The maximum absolute atomic E-state index is 14.0. The van der Waals surface area contributed by atoms with Gasteiger partial charge in [-0.25, -0.2) is 4.39 Å². The van der Waals surface area contributed by atoms with Crippen LogP contribution >= 0.6 is 11.6 Å². The maximum atomic E-state index is 14.0. The average Bonchev–Trinajstić information content (AvgIpc) is 3.08. The highest BCUT2D eigenvalue weighted by Gasteiger charge is 2.37. The van der Waals surface area contributed by atoms with Gasteiger partial charge in [-0.15, -0.1) is 0 Å². The molecule has 7 heteroatoms. The first-order valence-corrected chi connectivity index (χ1v) is 8.11. The Morgan fingerprint density at radius 3 is 2.91 bits per heavy atom. The quantitative estimate of drug-likeness (QED) is 0.857. The normalized spacial score (nSPS) is 21.0. The fourth-order valence-electron chi connectivity index (χ4n) is 3.00. The van der Waals surface area contributed by atoms with Crippen LogP contribution in [0.3, 0.4) is 0 Å². The molecule has 1 amide bonds. The van der Waals surface area contributed by atoms with E-state index in [1.807, 2.05) is 0 Å². The molecule has 2 heterocycles. The largest absolute Gasteiger partial charge is 0.337 e. The Bertz CT molecular complexity index is 739. The lowest BCUT2D eigenvalue weighted by Gasteiger charge is -2.22. The minimum Gasteiger partial charge on any atom is -0.337 e. The molecule has 0 bridgehead atoms. The molecule has 120 valence electrons. The van der Waals surface area contributed by atoms with Gasteiger partial charge in [-0.05, 0) is 37.8 Å². The number of amides is 1. The number of rotatable bonds is 3. The van der Waals surface area contributed by atoms with Crippen molar-refractivity contribution in [2.75, 3.05) is 6.54 Å². The van der Waals surface area contributed by atoms with Crippen LogP contribution in [-0.4, -0.2) is 27.5 Å². The summed E-state index contributed by atoms with van der Waals surface area (Å²) in [6.07, 6.45) is 3.70. The van der Waals surface area contributed by atoms with Gasteiger partial charge in [0.25, 0.3) is 5.91 Å². The molecule has 4 rings (SSSR count). The zero-order valence-corrected chi connectivity index (χ0v) is 13.1. The second-order valence-corrected chi connectivity index (χ2v) is 6.43. The number of carbonyl (C=O) groups excluding carboxylic acids is 1. The molecular weight excluding hydrogens is 321 g/mol. The van der Waals surface area contributed by atoms with Crippen LogP contribution in [0.15, 0.2) is 22.7 Å². The minimum atomic E-state index is -0.614. The summed E-state index contributed by atoms with van der Waals surface area (Å²) in [4.78, 5) is 18.7. The van der Waals surface area contributed by atoms with Gasteiger partial charge in [0.05, 0.1) is 10.6 Å². The molecule has 5 nitrogen and oxygen atoms in total. The van der Waals surface area contributed by atoms with Crippen LogP contribution in [0.2, 0.25) is 5.02 Å². The number of benzene rings is 1. The fourth-order valence-corrected chi connectivity index (χ4v) is 3.25. The third kappa shape index (κ3) is 2.61. The van der Waals surface area contributed by atoms with E-state index in [4.69, 9.17) is 16.1 Å². The van der Waals surface area contributed by atoms with Crippen LogP contribution in [0.1, 0.15) is 59.7 Å². The summed E-state index contributed by atoms with van der Waals surface area (Å²) in [6.45, 7) is 0.523. The Balaban J connectivity index is 1.62. The number of aromatic nitrogens is 2. The van der Waals surface area contributed by atoms with Gasteiger partial charge < -0.3 is 9.42 Å². The van der Waals surface area contributed by atoms with Gasteiger partial charge in [0.15, 0.2) is 5.82 Å². The predicted octanol–water partition coefficient (Wildman–Crippen LogP) is 3.72. The lowest BCUT2D eigenvalue weighted by atomic mass is 10.1. The first-order valence-electron chi connectivity index (χ1n) is 7.73. The van der Waals surface area contributed by atoms with Crippen molar-refractivity contribution in [1.29, 1.82) is 0 Å². The summed E-state index contributed by atoms with van der Waals surface area (Å²) in [5.74, 6) is 0.492.